The van der Waals surface area contributed by atoms with Crippen LogP contribution in [0.1, 0.15) is 0 Å². The Morgan fingerprint density at radius 2 is 1.80 bits per heavy atom. The fourth-order valence-corrected chi connectivity index (χ4v) is 1.55. The topological polar surface area (TPSA) is 21.1 Å². The molecule has 0 fully saturated rings. The van der Waals surface area contributed by atoms with Crippen LogP contribution in [0.15, 0.2) is 36.4 Å². The second-order valence-electron chi connectivity index (χ2n) is 3.77. The van der Waals surface area contributed by atoms with Crippen LogP contribution >= 0.6 is 0 Å². The third-order valence-corrected chi connectivity index (χ3v) is 2.39. The van der Waals surface area contributed by atoms with Crippen LogP contribution in [0.25, 0.3) is 11.3 Å². The number of aryl methyl sites for hydroxylation is 1. The molecule has 0 spiro atoms. The van der Waals surface area contributed by atoms with E-state index in [1.807, 2.05) is 48.9 Å². The third kappa shape index (κ3) is 1.86. The van der Waals surface area contributed by atoms with Gasteiger partial charge >= 0.3 is 0 Å². The summed E-state index contributed by atoms with van der Waals surface area (Å²) in [5.74, 6) is 0.983. The van der Waals surface area contributed by atoms with E-state index in [2.05, 4.69) is 23.3 Å². The van der Waals surface area contributed by atoms with Crippen molar-refractivity contribution in [2.45, 2.75) is 0 Å². The van der Waals surface area contributed by atoms with Crippen LogP contribution in [-0.2, 0) is 7.05 Å². The number of aromatic nitrogens is 2. The Kier molecular flexibility index (Phi) is 2.46. The molecule has 0 aliphatic carbocycles. The van der Waals surface area contributed by atoms with E-state index in [4.69, 9.17) is 0 Å². The molecule has 1 aromatic heterocycles. The lowest BCUT2D eigenvalue weighted by Crippen LogP contribution is -2.09. The summed E-state index contributed by atoms with van der Waals surface area (Å²) in [7, 11) is 5.96. The Bertz CT molecular complexity index is 443. The zero-order valence-electron chi connectivity index (χ0n) is 9.31. The molecule has 0 saturated carbocycles. The fraction of sp³-hybridized carbons (Fsp3) is 0.250. The Balaban J connectivity index is 2.45. The summed E-state index contributed by atoms with van der Waals surface area (Å²) in [6, 6.07) is 12.4. The van der Waals surface area contributed by atoms with E-state index in [9.17, 15) is 0 Å². The molecule has 0 saturated heterocycles. The van der Waals surface area contributed by atoms with Gasteiger partial charge in [0.1, 0.15) is 0 Å². The van der Waals surface area contributed by atoms with E-state index in [-0.39, 0.29) is 0 Å². The maximum absolute atomic E-state index is 4.43. The third-order valence-electron chi connectivity index (χ3n) is 2.39. The lowest BCUT2D eigenvalue weighted by Gasteiger charge is -2.05. The molecular weight excluding hydrogens is 186 g/mol. The van der Waals surface area contributed by atoms with Gasteiger partial charge in [-0.1, -0.05) is 30.3 Å². The Morgan fingerprint density at radius 3 is 2.33 bits per heavy atom. The highest BCUT2D eigenvalue weighted by Crippen LogP contribution is 2.22. The summed E-state index contributed by atoms with van der Waals surface area (Å²) in [4.78, 5) is 2.01. The monoisotopic (exact) mass is 201 g/mol. The molecule has 1 aromatic carbocycles. The average molecular weight is 201 g/mol. The van der Waals surface area contributed by atoms with Gasteiger partial charge in [0.2, 0.25) is 0 Å². The zero-order valence-corrected chi connectivity index (χ0v) is 9.31. The molecule has 3 nitrogen and oxygen atoms in total. The van der Waals surface area contributed by atoms with Crippen LogP contribution in [0, 0.1) is 0 Å². The predicted octanol–water partition coefficient (Wildman–Crippen LogP) is 2.15. The molecule has 2 aromatic rings. The van der Waals surface area contributed by atoms with Crippen molar-refractivity contribution in [1.29, 1.82) is 0 Å². The molecule has 0 aliphatic rings. The van der Waals surface area contributed by atoms with Crippen molar-refractivity contribution in [3.8, 4) is 11.3 Å². The normalized spacial score (nSPS) is 10.3. The smallest absolute Gasteiger partial charge is 0.150 e. The average Bonchev–Trinajstić information content (AvgIpc) is 2.62. The van der Waals surface area contributed by atoms with Crippen molar-refractivity contribution in [2.75, 3.05) is 19.0 Å². The van der Waals surface area contributed by atoms with Crippen LogP contribution in [0.5, 0.6) is 0 Å². The van der Waals surface area contributed by atoms with Crippen LogP contribution in [0.2, 0.25) is 0 Å². The number of nitrogens with zero attached hydrogens (tertiary/aromatic N) is 3. The molecule has 3 heteroatoms. The summed E-state index contributed by atoms with van der Waals surface area (Å²) in [5, 5.41) is 4.43. The van der Waals surface area contributed by atoms with Gasteiger partial charge in [-0.2, -0.15) is 5.10 Å². The van der Waals surface area contributed by atoms with Crippen molar-refractivity contribution < 1.29 is 0 Å². The van der Waals surface area contributed by atoms with Crippen molar-refractivity contribution >= 4 is 5.82 Å². The van der Waals surface area contributed by atoms with Crippen molar-refractivity contribution in [2.24, 2.45) is 7.05 Å². The minimum absolute atomic E-state index is 0.983. The minimum Gasteiger partial charge on any atom is -0.361 e. The molecular formula is C12H15N3. The van der Waals surface area contributed by atoms with Gasteiger partial charge in [0.15, 0.2) is 5.82 Å². The summed E-state index contributed by atoms with van der Waals surface area (Å²) >= 11 is 0. The molecule has 15 heavy (non-hydrogen) atoms. The van der Waals surface area contributed by atoms with Gasteiger partial charge in [0.25, 0.3) is 0 Å². The number of benzene rings is 1. The first kappa shape index (κ1) is 9.77. The van der Waals surface area contributed by atoms with Crippen LogP contribution < -0.4 is 4.90 Å². The maximum atomic E-state index is 4.43. The first-order chi connectivity index (χ1) is 7.18. The van der Waals surface area contributed by atoms with Crippen molar-refractivity contribution in [3.63, 3.8) is 0 Å². The Labute approximate surface area is 90.0 Å². The summed E-state index contributed by atoms with van der Waals surface area (Å²) in [6.07, 6.45) is 0. The molecule has 0 radical (unpaired) electrons. The molecule has 0 aliphatic heterocycles. The molecule has 2 rings (SSSR count). The van der Waals surface area contributed by atoms with Crippen LogP contribution in [0.3, 0.4) is 0 Å². The molecule has 0 N–H and O–H groups in total. The largest absolute Gasteiger partial charge is 0.361 e. The molecule has 1 heterocycles. The van der Waals surface area contributed by atoms with E-state index in [0.717, 1.165) is 11.5 Å². The van der Waals surface area contributed by atoms with Gasteiger partial charge in [0.05, 0.1) is 5.69 Å². The second kappa shape index (κ2) is 3.77. The van der Waals surface area contributed by atoms with E-state index in [0.29, 0.717) is 0 Å². The first-order valence-electron chi connectivity index (χ1n) is 4.95. The van der Waals surface area contributed by atoms with Gasteiger partial charge < -0.3 is 4.90 Å². The van der Waals surface area contributed by atoms with Crippen LogP contribution in [-0.4, -0.2) is 23.9 Å². The van der Waals surface area contributed by atoms with Crippen molar-refractivity contribution in [3.05, 3.63) is 36.4 Å². The van der Waals surface area contributed by atoms with E-state index in [1.165, 1.54) is 5.56 Å². The molecule has 0 bridgehead atoms. The van der Waals surface area contributed by atoms with Gasteiger partial charge in [-0.3, -0.25) is 4.68 Å². The quantitative estimate of drug-likeness (QED) is 0.742. The van der Waals surface area contributed by atoms with Crippen molar-refractivity contribution in [1.82, 2.24) is 9.78 Å². The summed E-state index contributed by atoms with van der Waals surface area (Å²) < 4.78 is 1.91. The first-order valence-corrected chi connectivity index (χ1v) is 4.95. The predicted molar refractivity (Wildman–Crippen MR) is 63.0 cm³/mol. The summed E-state index contributed by atoms with van der Waals surface area (Å²) in [5.41, 5.74) is 2.33. The molecule has 0 atom stereocenters. The number of anilines is 1. The van der Waals surface area contributed by atoms with E-state index >= 15 is 0 Å². The van der Waals surface area contributed by atoms with Crippen LogP contribution in [0.4, 0.5) is 5.82 Å². The molecule has 0 amide bonds. The number of rotatable bonds is 2. The van der Waals surface area contributed by atoms with E-state index in [1.54, 1.807) is 0 Å². The molecule has 78 valence electrons. The number of hydrogen-bond donors (Lipinski definition) is 0. The van der Waals surface area contributed by atoms with Gasteiger partial charge in [-0.15, -0.1) is 0 Å². The van der Waals surface area contributed by atoms with Gasteiger partial charge in [0, 0.05) is 27.2 Å². The highest BCUT2D eigenvalue weighted by molar-refractivity contribution is 5.63. The Hall–Kier alpha value is -1.77. The standard InChI is InChI=1S/C12H15N3/c1-14(2)12-9-11(15(3)13-12)10-7-5-4-6-8-10/h4-9H,1-3H3. The lowest BCUT2D eigenvalue weighted by atomic mass is 10.1. The van der Waals surface area contributed by atoms with Gasteiger partial charge in [-0.05, 0) is 5.56 Å². The zero-order chi connectivity index (χ0) is 10.8. The maximum Gasteiger partial charge on any atom is 0.150 e. The lowest BCUT2D eigenvalue weighted by molar-refractivity contribution is 0.770. The Morgan fingerprint density at radius 1 is 1.13 bits per heavy atom. The SMILES string of the molecule is CN(C)c1cc(-c2ccccc2)n(C)n1. The van der Waals surface area contributed by atoms with Gasteiger partial charge in [-0.25, -0.2) is 0 Å². The number of hydrogen-bond acceptors (Lipinski definition) is 2. The second-order valence-corrected chi connectivity index (χ2v) is 3.77. The van der Waals surface area contributed by atoms with E-state index < -0.39 is 0 Å². The highest BCUT2D eigenvalue weighted by Gasteiger charge is 2.07. The minimum atomic E-state index is 0.983. The summed E-state index contributed by atoms with van der Waals surface area (Å²) in [6.45, 7) is 0. The molecule has 0 unspecified atom stereocenters. The highest BCUT2D eigenvalue weighted by atomic mass is 15.3. The fourth-order valence-electron chi connectivity index (χ4n) is 1.55.